The molecular formula is C12H11ClN4O. The molecule has 6 heteroatoms. The van der Waals surface area contributed by atoms with E-state index in [4.69, 9.17) is 27.7 Å². The van der Waals surface area contributed by atoms with Gasteiger partial charge >= 0.3 is 0 Å². The van der Waals surface area contributed by atoms with Gasteiger partial charge in [0.1, 0.15) is 0 Å². The summed E-state index contributed by atoms with van der Waals surface area (Å²) in [7, 11) is 0. The van der Waals surface area contributed by atoms with Crippen LogP contribution in [-0.4, -0.2) is 21.3 Å². The van der Waals surface area contributed by atoms with Gasteiger partial charge in [0.2, 0.25) is 0 Å². The van der Waals surface area contributed by atoms with Crippen LogP contribution in [0, 0.1) is 11.3 Å². The smallest absolute Gasteiger partial charge is 0.0995 e. The number of imidazole rings is 1. The molecule has 2 aromatic rings. The normalized spacial score (nSPS) is 12.1. The van der Waals surface area contributed by atoms with Crippen molar-refractivity contribution in [2.75, 3.05) is 6.61 Å². The van der Waals surface area contributed by atoms with Gasteiger partial charge < -0.3 is 15.4 Å². The minimum Gasteiger partial charge on any atom is -0.394 e. The number of aromatic nitrogens is 2. The van der Waals surface area contributed by atoms with Crippen LogP contribution >= 0.6 is 11.6 Å². The summed E-state index contributed by atoms with van der Waals surface area (Å²) in [4.78, 5) is 4.00. The van der Waals surface area contributed by atoms with E-state index in [-0.39, 0.29) is 6.61 Å². The Hall–Kier alpha value is -1.87. The maximum absolute atomic E-state index is 9.09. The van der Waals surface area contributed by atoms with Crippen LogP contribution in [0.1, 0.15) is 17.3 Å². The third-order valence-electron chi connectivity index (χ3n) is 2.58. The van der Waals surface area contributed by atoms with Gasteiger partial charge in [0, 0.05) is 0 Å². The molecule has 3 N–H and O–H groups in total. The molecule has 1 aromatic heterocycles. The summed E-state index contributed by atoms with van der Waals surface area (Å²) in [6.07, 6.45) is 3.15. The van der Waals surface area contributed by atoms with Crippen LogP contribution in [0.2, 0.25) is 5.02 Å². The zero-order chi connectivity index (χ0) is 13.1. The molecule has 1 unspecified atom stereocenters. The first-order chi connectivity index (χ1) is 8.67. The minimum absolute atomic E-state index is 0.181. The zero-order valence-corrected chi connectivity index (χ0v) is 10.2. The molecule has 1 aromatic carbocycles. The Balaban J connectivity index is 2.50. The van der Waals surface area contributed by atoms with Crippen LogP contribution in [-0.2, 0) is 0 Å². The molecule has 0 aliphatic heterocycles. The molecule has 18 heavy (non-hydrogen) atoms. The van der Waals surface area contributed by atoms with Gasteiger partial charge in [0.25, 0.3) is 0 Å². The molecule has 0 aliphatic carbocycles. The van der Waals surface area contributed by atoms with Crippen molar-refractivity contribution in [1.29, 1.82) is 5.26 Å². The van der Waals surface area contributed by atoms with Crippen molar-refractivity contribution in [2.45, 2.75) is 6.04 Å². The predicted octanol–water partition coefficient (Wildman–Crippen LogP) is 1.39. The summed E-state index contributed by atoms with van der Waals surface area (Å²) in [6.45, 7) is -0.181. The van der Waals surface area contributed by atoms with E-state index in [0.29, 0.717) is 22.0 Å². The van der Waals surface area contributed by atoms with Crippen LogP contribution in [0.4, 0.5) is 0 Å². The van der Waals surface area contributed by atoms with Crippen molar-refractivity contribution in [2.24, 2.45) is 5.73 Å². The lowest BCUT2D eigenvalue weighted by Crippen LogP contribution is -2.18. The van der Waals surface area contributed by atoms with Crippen LogP contribution in [0.5, 0.6) is 0 Å². The number of aliphatic hydroxyl groups is 1. The number of halogens is 1. The highest BCUT2D eigenvalue weighted by Gasteiger charge is 2.13. The maximum Gasteiger partial charge on any atom is 0.0995 e. The summed E-state index contributed by atoms with van der Waals surface area (Å²) < 4.78 is 1.70. The van der Waals surface area contributed by atoms with Gasteiger partial charge in [-0.2, -0.15) is 5.26 Å². The molecule has 0 radical (unpaired) electrons. The van der Waals surface area contributed by atoms with Crippen molar-refractivity contribution >= 4 is 11.6 Å². The molecular weight excluding hydrogens is 252 g/mol. The van der Waals surface area contributed by atoms with Gasteiger partial charge in [0.15, 0.2) is 0 Å². The Morgan fingerprint density at radius 3 is 2.94 bits per heavy atom. The number of nitrogens with zero attached hydrogens (tertiary/aromatic N) is 3. The predicted molar refractivity (Wildman–Crippen MR) is 67.3 cm³/mol. The summed E-state index contributed by atoms with van der Waals surface area (Å²) in [5.41, 5.74) is 7.59. The van der Waals surface area contributed by atoms with Gasteiger partial charge in [-0.1, -0.05) is 11.6 Å². The highest BCUT2D eigenvalue weighted by atomic mass is 35.5. The highest BCUT2D eigenvalue weighted by Crippen LogP contribution is 2.24. The number of nitriles is 1. The minimum atomic E-state index is -0.529. The first-order valence-corrected chi connectivity index (χ1v) is 5.64. The average Bonchev–Trinajstić information content (AvgIpc) is 2.86. The number of hydrogen-bond donors (Lipinski definition) is 2. The summed E-state index contributed by atoms with van der Waals surface area (Å²) in [6, 6.07) is 6.44. The third kappa shape index (κ3) is 2.22. The molecule has 0 aliphatic rings. The quantitative estimate of drug-likeness (QED) is 0.875. The number of aliphatic hydroxyl groups excluding tert-OH is 1. The standard InChI is InChI=1S/C12H11ClN4O/c13-9-3-8(4-14)1-2-11(9)17-7-16-5-12(17)10(15)6-18/h1-3,5,7,10,18H,6,15H2. The molecule has 0 saturated heterocycles. The summed E-state index contributed by atoms with van der Waals surface area (Å²) >= 11 is 6.12. The number of benzene rings is 1. The monoisotopic (exact) mass is 262 g/mol. The Bertz CT molecular complexity index is 602. The van der Waals surface area contributed by atoms with Crippen molar-refractivity contribution in [3.05, 3.63) is 47.0 Å². The lowest BCUT2D eigenvalue weighted by molar-refractivity contribution is 0.265. The average molecular weight is 263 g/mol. The number of nitrogens with two attached hydrogens (primary N) is 1. The van der Waals surface area contributed by atoms with Crippen LogP contribution in [0.3, 0.4) is 0 Å². The fourth-order valence-electron chi connectivity index (χ4n) is 1.65. The third-order valence-corrected chi connectivity index (χ3v) is 2.88. The van der Waals surface area contributed by atoms with Gasteiger partial charge in [-0.15, -0.1) is 0 Å². The largest absolute Gasteiger partial charge is 0.394 e. The molecule has 1 atom stereocenters. The molecule has 5 nitrogen and oxygen atoms in total. The van der Waals surface area contributed by atoms with E-state index in [1.54, 1.807) is 35.3 Å². The van der Waals surface area contributed by atoms with Crippen molar-refractivity contribution in [3.63, 3.8) is 0 Å². The Morgan fingerprint density at radius 1 is 1.56 bits per heavy atom. The fraction of sp³-hybridized carbons (Fsp3) is 0.167. The van der Waals surface area contributed by atoms with Crippen LogP contribution in [0.25, 0.3) is 5.69 Å². The van der Waals surface area contributed by atoms with Gasteiger partial charge in [-0.05, 0) is 18.2 Å². The van der Waals surface area contributed by atoms with Gasteiger partial charge in [0.05, 0.1) is 53.2 Å². The molecule has 0 spiro atoms. The van der Waals surface area contributed by atoms with E-state index in [2.05, 4.69) is 4.98 Å². The second-order valence-electron chi connectivity index (χ2n) is 3.76. The van der Waals surface area contributed by atoms with Crippen molar-refractivity contribution in [3.8, 4) is 11.8 Å². The second-order valence-corrected chi connectivity index (χ2v) is 4.16. The fourth-order valence-corrected chi connectivity index (χ4v) is 1.92. The molecule has 2 rings (SSSR count). The van der Waals surface area contributed by atoms with E-state index in [1.165, 1.54) is 0 Å². The topological polar surface area (TPSA) is 87.9 Å². The molecule has 1 heterocycles. The SMILES string of the molecule is N#Cc1ccc(-n2cncc2C(N)CO)c(Cl)c1. The zero-order valence-electron chi connectivity index (χ0n) is 9.42. The molecule has 92 valence electrons. The lowest BCUT2D eigenvalue weighted by Gasteiger charge is -2.13. The molecule has 0 amide bonds. The Kier molecular flexibility index (Phi) is 3.63. The van der Waals surface area contributed by atoms with E-state index in [1.807, 2.05) is 6.07 Å². The van der Waals surface area contributed by atoms with E-state index in [9.17, 15) is 0 Å². The number of hydrogen-bond acceptors (Lipinski definition) is 4. The molecule has 0 bridgehead atoms. The van der Waals surface area contributed by atoms with Gasteiger partial charge in [-0.3, -0.25) is 0 Å². The molecule has 0 saturated carbocycles. The van der Waals surface area contributed by atoms with Crippen LogP contribution in [0.15, 0.2) is 30.7 Å². The summed E-state index contributed by atoms with van der Waals surface area (Å²) in [5.74, 6) is 0. The lowest BCUT2D eigenvalue weighted by atomic mass is 10.2. The van der Waals surface area contributed by atoms with E-state index in [0.717, 1.165) is 0 Å². The van der Waals surface area contributed by atoms with Crippen molar-refractivity contribution < 1.29 is 5.11 Å². The highest BCUT2D eigenvalue weighted by molar-refractivity contribution is 6.32. The Morgan fingerprint density at radius 2 is 2.33 bits per heavy atom. The second kappa shape index (κ2) is 5.19. The van der Waals surface area contributed by atoms with Gasteiger partial charge in [-0.25, -0.2) is 4.98 Å². The summed E-state index contributed by atoms with van der Waals surface area (Å²) in [5, 5.41) is 18.3. The van der Waals surface area contributed by atoms with Crippen LogP contribution < -0.4 is 5.73 Å². The first-order valence-electron chi connectivity index (χ1n) is 5.26. The molecule has 0 fully saturated rings. The van der Waals surface area contributed by atoms with E-state index < -0.39 is 6.04 Å². The number of rotatable bonds is 3. The van der Waals surface area contributed by atoms with Crippen molar-refractivity contribution in [1.82, 2.24) is 9.55 Å². The maximum atomic E-state index is 9.09. The van der Waals surface area contributed by atoms with E-state index >= 15 is 0 Å². The first kappa shape index (κ1) is 12.6. The Labute approximate surface area is 109 Å².